The van der Waals surface area contributed by atoms with Crippen molar-refractivity contribution in [2.45, 2.75) is 6.04 Å². The van der Waals surface area contributed by atoms with E-state index < -0.39 is 0 Å². The highest BCUT2D eigenvalue weighted by atomic mass is 35.5. The number of halogens is 2. The molecule has 1 N–H and O–H groups in total. The van der Waals surface area contributed by atoms with Crippen molar-refractivity contribution in [1.82, 2.24) is 19.5 Å². The Morgan fingerprint density at radius 2 is 1.71 bits per heavy atom. The number of hydrogen-bond acceptors (Lipinski definition) is 7. The average molecular weight is 526 g/mol. The summed E-state index contributed by atoms with van der Waals surface area (Å²) in [7, 11) is 0. The van der Waals surface area contributed by atoms with Crippen LogP contribution in [0.1, 0.15) is 16.5 Å². The van der Waals surface area contributed by atoms with Crippen LogP contribution in [0.3, 0.4) is 0 Å². The SMILES string of the molecule is Oc1c([C@@H](c2cccc(Cl)c2)N2CCN(c3cccc(Cl)c3)CC2)sc2nc(-c3ccco3)nn12. The second-order valence-electron chi connectivity index (χ2n) is 8.36. The highest BCUT2D eigenvalue weighted by molar-refractivity contribution is 7.17. The molecule has 0 spiro atoms. The Morgan fingerprint density at radius 3 is 2.40 bits per heavy atom. The highest BCUT2D eigenvalue weighted by Gasteiger charge is 2.32. The van der Waals surface area contributed by atoms with Crippen LogP contribution in [0.15, 0.2) is 71.3 Å². The zero-order valence-electron chi connectivity index (χ0n) is 18.5. The van der Waals surface area contributed by atoms with Crippen molar-refractivity contribution >= 4 is 45.2 Å². The van der Waals surface area contributed by atoms with Crippen molar-refractivity contribution in [2.75, 3.05) is 31.1 Å². The van der Waals surface area contributed by atoms with Gasteiger partial charge in [-0.1, -0.05) is 52.7 Å². The molecular weight excluding hydrogens is 505 g/mol. The normalized spacial score (nSPS) is 15.7. The molecule has 2 aromatic carbocycles. The maximum absolute atomic E-state index is 11.2. The van der Waals surface area contributed by atoms with Crippen LogP contribution in [-0.2, 0) is 0 Å². The Morgan fingerprint density at radius 1 is 0.943 bits per heavy atom. The summed E-state index contributed by atoms with van der Waals surface area (Å²) in [6.07, 6.45) is 1.58. The lowest BCUT2D eigenvalue weighted by Crippen LogP contribution is -2.47. The molecule has 35 heavy (non-hydrogen) atoms. The van der Waals surface area contributed by atoms with Gasteiger partial charge in [0, 0.05) is 41.9 Å². The summed E-state index contributed by atoms with van der Waals surface area (Å²) >= 11 is 14.0. The number of piperazine rings is 1. The number of benzene rings is 2. The number of furan rings is 1. The van der Waals surface area contributed by atoms with E-state index in [0.717, 1.165) is 47.3 Å². The largest absolute Gasteiger partial charge is 0.492 e. The number of aromatic hydroxyl groups is 1. The second kappa shape index (κ2) is 9.20. The minimum atomic E-state index is -0.184. The van der Waals surface area contributed by atoms with E-state index in [9.17, 15) is 5.11 Å². The first-order chi connectivity index (χ1) is 17.1. The van der Waals surface area contributed by atoms with E-state index in [4.69, 9.17) is 27.6 Å². The van der Waals surface area contributed by atoms with Crippen molar-refractivity contribution < 1.29 is 9.52 Å². The molecule has 5 aromatic rings. The number of thiazole rings is 1. The van der Waals surface area contributed by atoms with Gasteiger partial charge in [-0.2, -0.15) is 9.50 Å². The van der Waals surface area contributed by atoms with E-state index >= 15 is 0 Å². The molecule has 1 saturated heterocycles. The molecule has 7 nitrogen and oxygen atoms in total. The first-order valence-electron chi connectivity index (χ1n) is 11.2. The minimum Gasteiger partial charge on any atom is -0.492 e. The van der Waals surface area contributed by atoms with Gasteiger partial charge in [-0.3, -0.25) is 4.90 Å². The molecule has 1 aliphatic rings. The molecule has 1 fully saturated rings. The van der Waals surface area contributed by atoms with Gasteiger partial charge >= 0.3 is 0 Å². The Bertz CT molecular complexity index is 1470. The van der Waals surface area contributed by atoms with E-state index in [0.29, 0.717) is 21.6 Å². The average Bonchev–Trinajstić information content (AvgIpc) is 3.59. The summed E-state index contributed by atoms with van der Waals surface area (Å²) in [5.41, 5.74) is 2.13. The molecular formula is C25H21Cl2N5O2S. The van der Waals surface area contributed by atoms with Gasteiger partial charge < -0.3 is 14.4 Å². The van der Waals surface area contributed by atoms with Crippen LogP contribution in [-0.4, -0.2) is 50.8 Å². The van der Waals surface area contributed by atoms with E-state index in [1.54, 1.807) is 18.4 Å². The topological polar surface area (TPSA) is 70.0 Å². The molecule has 3 aromatic heterocycles. The zero-order valence-corrected chi connectivity index (χ0v) is 20.8. The molecule has 1 atom stereocenters. The molecule has 0 radical (unpaired) electrons. The third kappa shape index (κ3) is 4.27. The Labute approximate surface area is 215 Å². The molecule has 6 rings (SSSR count). The fraction of sp³-hybridized carbons (Fsp3) is 0.200. The van der Waals surface area contributed by atoms with Crippen molar-refractivity contribution in [3.8, 4) is 17.5 Å². The van der Waals surface area contributed by atoms with E-state index in [1.165, 1.54) is 15.9 Å². The second-order valence-corrected chi connectivity index (χ2v) is 10.2. The van der Waals surface area contributed by atoms with Crippen molar-refractivity contribution in [3.05, 3.63) is 87.4 Å². The quantitative estimate of drug-likeness (QED) is 0.304. The van der Waals surface area contributed by atoms with Crippen LogP contribution < -0.4 is 4.90 Å². The summed E-state index contributed by atoms with van der Waals surface area (Å²) in [6.45, 7) is 3.27. The van der Waals surface area contributed by atoms with Crippen LogP contribution in [0.2, 0.25) is 10.0 Å². The van der Waals surface area contributed by atoms with Gasteiger partial charge in [0.25, 0.3) is 0 Å². The predicted octanol–water partition coefficient (Wildman–Crippen LogP) is 5.97. The summed E-state index contributed by atoms with van der Waals surface area (Å²) in [6, 6.07) is 19.1. The van der Waals surface area contributed by atoms with Gasteiger partial charge in [-0.05, 0) is 48.0 Å². The van der Waals surface area contributed by atoms with Crippen molar-refractivity contribution in [2.24, 2.45) is 0 Å². The van der Waals surface area contributed by atoms with E-state index in [-0.39, 0.29) is 11.9 Å². The maximum atomic E-state index is 11.2. The lowest BCUT2D eigenvalue weighted by atomic mass is 10.0. The molecule has 178 valence electrons. The Kier molecular flexibility index (Phi) is 5.89. The number of anilines is 1. The minimum absolute atomic E-state index is 0.0811. The lowest BCUT2D eigenvalue weighted by Gasteiger charge is -2.40. The first-order valence-corrected chi connectivity index (χ1v) is 12.8. The number of rotatable bonds is 5. The third-order valence-corrected chi connectivity index (χ3v) is 7.75. The van der Waals surface area contributed by atoms with Crippen molar-refractivity contribution in [3.63, 3.8) is 0 Å². The van der Waals surface area contributed by atoms with Crippen LogP contribution in [0.4, 0.5) is 5.69 Å². The van der Waals surface area contributed by atoms with Gasteiger partial charge in [0.15, 0.2) is 5.76 Å². The molecule has 0 unspecified atom stereocenters. The third-order valence-electron chi connectivity index (χ3n) is 6.21. The predicted molar refractivity (Wildman–Crippen MR) is 139 cm³/mol. The smallest absolute Gasteiger partial charge is 0.230 e. The summed E-state index contributed by atoms with van der Waals surface area (Å²) < 4.78 is 6.90. The molecule has 0 saturated carbocycles. The Balaban J connectivity index is 1.34. The summed E-state index contributed by atoms with van der Waals surface area (Å²) in [4.78, 5) is 10.7. The monoisotopic (exact) mass is 525 g/mol. The van der Waals surface area contributed by atoms with Gasteiger partial charge in [0.1, 0.15) is 0 Å². The van der Waals surface area contributed by atoms with E-state index in [2.05, 4.69) is 25.9 Å². The standard InChI is InChI=1S/C25H21Cl2N5O2S/c26-17-5-1-4-16(14-17)21(31-11-9-30(10-12-31)19-7-2-6-18(27)15-19)22-24(33)32-25(35-22)28-23(29-32)20-8-3-13-34-20/h1-8,13-15,21,33H,9-12H2/t21-/m1/s1. The van der Waals surface area contributed by atoms with Gasteiger partial charge in [-0.15, -0.1) is 5.10 Å². The summed E-state index contributed by atoms with van der Waals surface area (Å²) in [5, 5.41) is 17.1. The molecule has 0 aliphatic carbocycles. The van der Waals surface area contributed by atoms with Crippen LogP contribution in [0, 0.1) is 0 Å². The van der Waals surface area contributed by atoms with Crippen LogP contribution >= 0.6 is 34.5 Å². The van der Waals surface area contributed by atoms with Gasteiger partial charge in [-0.25, -0.2) is 0 Å². The van der Waals surface area contributed by atoms with Crippen LogP contribution in [0.5, 0.6) is 5.88 Å². The van der Waals surface area contributed by atoms with Crippen LogP contribution in [0.25, 0.3) is 16.5 Å². The summed E-state index contributed by atoms with van der Waals surface area (Å²) in [5.74, 6) is 1.08. The Hall–Kier alpha value is -3.04. The number of aromatic nitrogens is 3. The highest BCUT2D eigenvalue weighted by Crippen LogP contribution is 2.41. The molecule has 10 heteroatoms. The van der Waals surface area contributed by atoms with E-state index in [1.807, 2.05) is 42.5 Å². The fourth-order valence-electron chi connectivity index (χ4n) is 4.55. The first kappa shape index (κ1) is 22.4. The number of fused-ring (bicyclic) bond motifs is 1. The lowest BCUT2D eigenvalue weighted by molar-refractivity contribution is 0.211. The zero-order chi connectivity index (χ0) is 23.9. The fourth-order valence-corrected chi connectivity index (χ4v) is 6.05. The molecule has 0 amide bonds. The van der Waals surface area contributed by atoms with Gasteiger partial charge in [0.05, 0.1) is 17.2 Å². The number of hydrogen-bond donors (Lipinski definition) is 1. The molecule has 1 aliphatic heterocycles. The molecule has 4 heterocycles. The van der Waals surface area contributed by atoms with Gasteiger partial charge in [0.2, 0.25) is 16.7 Å². The molecule has 0 bridgehead atoms. The number of nitrogens with zero attached hydrogens (tertiary/aromatic N) is 5. The maximum Gasteiger partial charge on any atom is 0.230 e. The van der Waals surface area contributed by atoms with Crippen molar-refractivity contribution in [1.29, 1.82) is 0 Å².